The summed E-state index contributed by atoms with van der Waals surface area (Å²) < 4.78 is 0. The topological polar surface area (TPSA) is 81.3 Å². The van der Waals surface area contributed by atoms with Gasteiger partial charge in [-0.05, 0) is 18.8 Å². The van der Waals surface area contributed by atoms with Crippen LogP contribution in [0, 0.1) is 5.92 Å². The maximum atomic E-state index is 11.3. The number of rotatable bonds is 7. The summed E-state index contributed by atoms with van der Waals surface area (Å²) in [4.78, 5) is 22.0. The van der Waals surface area contributed by atoms with Gasteiger partial charge < -0.3 is 20.5 Å². The highest BCUT2D eigenvalue weighted by Crippen LogP contribution is 2.03. The van der Waals surface area contributed by atoms with Crippen molar-refractivity contribution < 1.29 is 14.7 Å². The maximum absolute atomic E-state index is 11.3. The molecule has 0 aromatic heterocycles. The summed E-state index contributed by atoms with van der Waals surface area (Å²) in [6.45, 7) is 6.37. The number of carbonyl (C=O) groups is 2. The zero-order valence-corrected chi connectivity index (χ0v) is 10.2. The normalized spacial score (nSPS) is 12.2. The van der Waals surface area contributed by atoms with Gasteiger partial charge >= 0.3 is 6.03 Å². The molecule has 0 aliphatic carbocycles. The second-order valence-electron chi connectivity index (χ2n) is 4.25. The molecule has 0 radical (unpaired) electrons. The van der Waals surface area contributed by atoms with Crippen LogP contribution in [-0.4, -0.2) is 24.6 Å². The summed E-state index contributed by atoms with van der Waals surface area (Å²) in [6.07, 6.45) is 2.24. The van der Waals surface area contributed by atoms with Crippen LogP contribution in [0.15, 0.2) is 0 Å². The van der Waals surface area contributed by atoms with Crippen molar-refractivity contribution in [2.45, 2.75) is 46.1 Å². The smallest absolute Gasteiger partial charge is 0.315 e. The van der Waals surface area contributed by atoms with Crippen LogP contribution >= 0.6 is 0 Å². The van der Waals surface area contributed by atoms with Crippen molar-refractivity contribution in [1.29, 1.82) is 0 Å². The summed E-state index contributed by atoms with van der Waals surface area (Å²) in [6, 6.07) is -1.36. The maximum Gasteiger partial charge on any atom is 0.315 e. The zero-order chi connectivity index (χ0) is 12.6. The molecule has 0 spiro atoms. The number of carbonyl (C=O) groups excluding carboxylic acids is 2. The van der Waals surface area contributed by atoms with E-state index in [1.807, 2.05) is 20.8 Å². The summed E-state index contributed by atoms with van der Waals surface area (Å²) in [5, 5.41) is 15.7. The fourth-order valence-corrected chi connectivity index (χ4v) is 1.27. The number of amides is 2. The lowest BCUT2D eigenvalue weighted by Crippen LogP contribution is -2.51. The van der Waals surface area contributed by atoms with Crippen molar-refractivity contribution in [2.75, 3.05) is 6.54 Å². The summed E-state index contributed by atoms with van der Waals surface area (Å²) in [5.74, 6) is -1.04. The summed E-state index contributed by atoms with van der Waals surface area (Å²) in [5.41, 5.74) is 0. The highest BCUT2D eigenvalue weighted by Gasteiger charge is 2.14. The number of carboxylic acid groups (broad SMARTS) is 1. The first kappa shape index (κ1) is 14.7. The van der Waals surface area contributed by atoms with E-state index in [1.54, 1.807) is 0 Å². The van der Waals surface area contributed by atoms with Crippen molar-refractivity contribution in [3.8, 4) is 0 Å². The Balaban J connectivity index is 3.98. The molecule has 2 amide bonds. The molecule has 5 nitrogen and oxygen atoms in total. The SMILES string of the molecule is CCCCNC(=O)N[C@@H](CC(C)C)C(=O)[O-]. The summed E-state index contributed by atoms with van der Waals surface area (Å²) in [7, 11) is 0. The third-order valence-corrected chi connectivity index (χ3v) is 2.11. The molecule has 5 heteroatoms. The van der Waals surface area contributed by atoms with Gasteiger partial charge in [-0.2, -0.15) is 0 Å². The van der Waals surface area contributed by atoms with Gasteiger partial charge in [-0.25, -0.2) is 4.79 Å². The average Bonchev–Trinajstić information content (AvgIpc) is 2.16. The fraction of sp³-hybridized carbons (Fsp3) is 0.818. The standard InChI is InChI=1S/C11H22N2O3/c1-4-5-6-12-11(16)13-9(10(14)15)7-8(2)3/h8-9H,4-7H2,1-3H3,(H,14,15)(H2,12,13,16)/p-1/t9-/m0/s1. The minimum atomic E-state index is -1.24. The highest BCUT2D eigenvalue weighted by atomic mass is 16.4. The molecule has 0 aromatic rings. The third-order valence-electron chi connectivity index (χ3n) is 2.11. The van der Waals surface area contributed by atoms with Crippen LogP contribution in [-0.2, 0) is 4.79 Å². The number of aliphatic carboxylic acids is 1. The number of hydrogen-bond donors (Lipinski definition) is 2. The van der Waals surface area contributed by atoms with Crippen molar-refractivity contribution >= 4 is 12.0 Å². The number of carboxylic acids is 1. The second-order valence-corrected chi connectivity index (χ2v) is 4.25. The summed E-state index contributed by atoms with van der Waals surface area (Å²) >= 11 is 0. The third kappa shape index (κ3) is 7.09. The minimum Gasteiger partial charge on any atom is -0.548 e. The Morgan fingerprint density at radius 3 is 2.38 bits per heavy atom. The Bertz CT molecular complexity index is 229. The molecule has 0 saturated carbocycles. The molecule has 16 heavy (non-hydrogen) atoms. The van der Waals surface area contributed by atoms with E-state index in [0.717, 1.165) is 12.8 Å². The van der Waals surface area contributed by atoms with Gasteiger partial charge in [0.1, 0.15) is 0 Å². The Morgan fingerprint density at radius 2 is 1.94 bits per heavy atom. The molecule has 0 rings (SSSR count). The number of urea groups is 1. The Morgan fingerprint density at radius 1 is 1.31 bits per heavy atom. The van der Waals surface area contributed by atoms with E-state index < -0.39 is 18.0 Å². The molecular weight excluding hydrogens is 208 g/mol. The lowest BCUT2D eigenvalue weighted by atomic mass is 10.0. The van der Waals surface area contributed by atoms with Gasteiger partial charge in [-0.3, -0.25) is 0 Å². The van der Waals surface area contributed by atoms with Crippen molar-refractivity contribution in [2.24, 2.45) is 5.92 Å². The Labute approximate surface area is 96.6 Å². The lowest BCUT2D eigenvalue weighted by Gasteiger charge is -2.21. The molecule has 94 valence electrons. The average molecular weight is 229 g/mol. The molecule has 0 fully saturated rings. The monoisotopic (exact) mass is 229 g/mol. The van der Waals surface area contributed by atoms with Crippen LogP contribution in [0.25, 0.3) is 0 Å². The van der Waals surface area contributed by atoms with E-state index in [1.165, 1.54) is 0 Å². The molecule has 0 aliphatic rings. The Kier molecular flexibility index (Phi) is 7.33. The first-order chi connectivity index (χ1) is 7.47. The molecule has 0 bridgehead atoms. The first-order valence-corrected chi connectivity index (χ1v) is 5.72. The number of unbranched alkanes of at least 4 members (excludes halogenated alkanes) is 1. The van der Waals surface area contributed by atoms with Crippen molar-refractivity contribution in [3.05, 3.63) is 0 Å². The largest absolute Gasteiger partial charge is 0.548 e. The fourth-order valence-electron chi connectivity index (χ4n) is 1.27. The minimum absolute atomic E-state index is 0.193. The van der Waals surface area contributed by atoms with E-state index in [4.69, 9.17) is 0 Å². The van der Waals surface area contributed by atoms with Gasteiger partial charge in [0.2, 0.25) is 0 Å². The molecule has 0 saturated heterocycles. The van der Waals surface area contributed by atoms with Gasteiger partial charge in [0.25, 0.3) is 0 Å². The number of nitrogens with one attached hydrogen (secondary N) is 2. The van der Waals surface area contributed by atoms with Crippen molar-refractivity contribution in [3.63, 3.8) is 0 Å². The molecule has 1 atom stereocenters. The van der Waals surface area contributed by atoms with Crippen LogP contribution in [0.4, 0.5) is 4.79 Å². The predicted molar refractivity (Wildman–Crippen MR) is 59.7 cm³/mol. The van der Waals surface area contributed by atoms with E-state index in [9.17, 15) is 14.7 Å². The molecule has 2 N–H and O–H groups in total. The van der Waals surface area contributed by atoms with Crippen LogP contribution in [0.5, 0.6) is 0 Å². The molecule has 0 unspecified atom stereocenters. The molecule has 0 aromatic carbocycles. The molecule has 0 heterocycles. The Hall–Kier alpha value is -1.26. The van der Waals surface area contributed by atoms with Gasteiger partial charge in [0.15, 0.2) is 0 Å². The van der Waals surface area contributed by atoms with Gasteiger partial charge in [-0.1, -0.05) is 27.2 Å². The number of hydrogen-bond acceptors (Lipinski definition) is 3. The van der Waals surface area contributed by atoms with Crippen LogP contribution in [0.2, 0.25) is 0 Å². The highest BCUT2D eigenvalue weighted by molar-refractivity contribution is 5.81. The van der Waals surface area contributed by atoms with E-state index in [0.29, 0.717) is 13.0 Å². The molecule has 0 aliphatic heterocycles. The van der Waals surface area contributed by atoms with Crippen LogP contribution in [0.3, 0.4) is 0 Å². The van der Waals surface area contributed by atoms with Crippen molar-refractivity contribution in [1.82, 2.24) is 10.6 Å². The van der Waals surface area contributed by atoms with Gasteiger partial charge in [0.05, 0.1) is 12.0 Å². The second kappa shape index (κ2) is 7.96. The zero-order valence-electron chi connectivity index (χ0n) is 10.2. The quantitative estimate of drug-likeness (QED) is 0.614. The first-order valence-electron chi connectivity index (χ1n) is 5.72. The van der Waals surface area contributed by atoms with Gasteiger partial charge in [0, 0.05) is 6.54 Å². The van der Waals surface area contributed by atoms with E-state index in [2.05, 4.69) is 10.6 Å². The van der Waals surface area contributed by atoms with Crippen LogP contribution < -0.4 is 15.7 Å². The lowest BCUT2D eigenvalue weighted by molar-refractivity contribution is -0.308. The van der Waals surface area contributed by atoms with Gasteiger partial charge in [-0.15, -0.1) is 0 Å². The van der Waals surface area contributed by atoms with E-state index >= 15 is 0 Å². The van der Waals surface area contributed by atoms with E-state index in [-0.39, 0.29) is 5.92 Å². The predicted octanol–water partition coefficient (Wildman–Crippen LogP) is 0.250. The van der Waals surface area contributed by atoms with Crippen LogP contribution in [0.1, 0.15) is 40.0 Å². The molecular formula is C11H21N2O3-.